The summed E-state index contributed by atoms with van der Waals surface area (Å²) >= 11 is 0. The number of rotatable bonds is 3. The Balaban J connectivity index is 1.65. The molecule has 2 aliphatic rings. The van der Waals surface area contributed by atoms with Gasteiger partial charge in [0.25, 0.3) is 0 Å². The van der Waals surface area contributed by atoms with Crippen molar-refractivity contribution in [2.75, 3.05) is 19.6 Å². The molecule has 0 aromatic heterocycles. The summed E-state index contributed by atoms with van der Waals surface area (Å²) in [5.41, 5.74) is 1.17. The van der Waals surface area contributed by atoms with Crippen molar-refractivity contribution in [1.82, 2.24) is 10.2 Å². The summed E-state index contributed by atoms with van der Waals surface area (Å²) in [7, 11) is 0. The van der Waals surface area contributed by atoms with Gasteiger partial charge >= 0.3 is 0 Å². The zero-order chi connectivity index (χ0) is 16.4. The SMILES string of the molecule is CC1c2cc(F)cc(F)c2CCN1C(=O)CCC1CCNCC1. The van der Waals surface area contributed by atoms with Crippen LogP contribution < -0.4 is 5.32 Å². The third-order valence-corrected chi connectivity index (χ3v) is 5.26. The molecule has 0 bridgehead atoms. The van der Waals surface area contributed by atoms with Crippen molar-refractivity contribution in [3.63, 3.8) is 0 Å². The number of hydrogen-bond donors (Lipinski definition) is 1. The molecule has 126 valence electrons. The van der Waals surface area contributed by atoms with Crippen molar-refractivity contribution >= 4 is 5.91 Å². The van der Waals surface area contributed by atoms with Crippen LogP contribution >= 0.6 is 0 Å². The van der Waals surface area contributed by atoms with Crippen LogP contribution in [0, 0.1) is 17.6 Å². The van der Waals surface area contributed by atoms with Crippen molar-refractivity contribution in [1.29, 1.82) is 0 Å². The standard InChI is InChI=1S/C18H24F2N2O/c1-12-16-10-14(19)11-17(20)15(16)6-9-22(12)18(23)3-2-13-4-7-21-8-5-13/h10-13,21H,2-9H2,1H3. The summed E-state index contributed by atoms with van der Waals surface area (Å²) in [5, 5.41) is 3.33. The molecule has 0 radical (unpaired) electrons. The number of benzene rings is 1. The highest BCUT2D eigenvalue weighted by atomic mass is 19.1. The Morgan fingerprint density at radius 1 is 1.30 bits per heavy atom. The number of carbonyl (C=O) groups is 1. The lowest BCUT2D eigenvalue weighted by Gasteiger charge is -2.36. The van der Waals surface area contributed by atoms with Crippen molar-refractivity contribution < 1.29 is 13.6 Å². The molecule has 3 nitrogen and oxygen atoms in total. The lowest BCUT2D eigenvalue weighted by molar-refractivity contribution is -0.134. The summed E-state index contributed by atoms with van der Waals surface area (Å²) in [6, 6.07) is 2.04. The minimum absolute atomic E-state index is 0.103. The highest BCUT2D eigenvalue weighted by Gasteiger charge is 2.30. The summed E-state index contributed by atoms with van der Waals surface area (Å²) in [5.74, 6) is -0.348. The number of hydrogen-bond acceptors (Lipinski definition) is 2. The number of halogens is 2. The second-order valence-corrected chi connectivity index (χ2v) is 6.70. The molecule has 3 rings (SSSR count). The summed E-state index contributed by atoms with van der Waals surface area (Å²) in [4.78, 5) is 14.3. The van der Waals surface area contributed by atoms with E-state index in [4.69, 9.17) is 0 Å². The zero-order valence-electron chi connectivity index (χ0n) is 13.6. The zero-order valence-corrected chi connectivity index (χ0v) is 13.6. The third kappa shape index (κ3) is 3.55. The average molecular weight is 322 g/mol. The highest BCUT2D eigenvalue weighted by Crippen LogP contribution is 2.32. The van der Waals surface area contributed by atoms with Gasteiger partial charge in [-0.25, -0.2) is 8.78 Å². The largest absolute Gasteiger partial charge is 0.336 e. The van der Waals surface area contributed by atoms with E-state index in [9.17, 15) is 13.6 Å². The van der Waals surface area contributed by atoms with Gasteiger partial charge in [-0.05, 0) is 68.8 Å². The van der Waals surface area contributed by atoms with Crippen LogP contribution in [0.15, 0.2) is 12.1 Å². The Morgan fingerprint density at radius 2 is 2.04 bits per heavy atom. The molecule has 1 amide bonds. The quantitative estimate of drug-likeness (QED) is 0.927. The van der Waals surface area contributed by atoms with Crippen LogP contribution in [0.1, 0.15) is 49.8 Å². The van der Waals surface area contributed by atoms with E-state index < -0.39 is 11.6 Å². The molecule has 0 saturated carbocycles. The number of nitrogens with one attached hydrogen (secondary N) is 1. The normalized spacial score (nSPS) is 22.0. The third-order valence-electron chi connectivity index (χ3n) is 5.26. The van der Waals surface area contributed by atoms with Gasteiger partial charge in [0, 0.05) is 19.0 Å². The van der Waals surface area contributed by atoms with Gasteiger partial charge < -0.3 is 10.2 Å². The van der Waals surface area contributed by atoms with E-state index in [0.717, 1.165) is 38.4 Å². The molecule has 5 heteroatoms. The molecule has 2 aliphatic heterocycles. The summed E-state index contributed by atoms with van der Waals surface area (Å²) < 4.78 is 27.4. The molecule has 1 saturated heterocycles. The van der Waals surface area contributed by atoms with Crippen LogP contribution in [-0.4, -0.2) is 30.4 Å². The molecule has 1 atom stereocenters. The van der Waals surface area contributed by atoms with E-state index in [1.807, 2.05) is 6.92 Å². The van der Waals surface area contributed by atoms with Gasteiger partial charge in [-0.15, -0.1) is 0 Å². The van der Waals surface area contributed by atoms with E-state index in [2.05, 4.69) is 5.32 Å². The first kappa shape index (κ1) is 16.4. The molecule has 0 spiro atoms. The van der Waals surface area contributed by atoms with E-state index in [1.54, 1.807) is 4.90 Å². The number of fused-ring (bicyclic) bond motifs is 1. The Hall–Kier alpha value is -1.49. The smallest absolute Gasteiger partial charge is 0.223 e. The van der Waals surface area contributed by atoms with Gasteiger partial charge in [-0.2, -0.15) is 0 Å². The van der Waals surface area contributed by atoms with Crippen molar-refractivity contribution in [3.8, 4) is 0 Å². The number of nitrogens with zero attached hydrogens (tertiary/aromatic N) is 1. The van der Waals surface area contributed by atoms with E-state index >= 15 is 0 Å². The number of amides is 1. The van der Waals surface area contributed by atoms with Gasteiger partial charge in [0.05, 0.1) is 6.04 Å². The molecular weight excluding hydrogens is 298 g/mol. The Bertz CT molecular complexity index is 585. The second kappa shape index (κ2) is 6.95. The fourth-order valence-corrected chi connectivity index (χ4v) is 3.84. The molecule has 0 aliphatic carbocycles. The molecule has 2 heterocycles. The number of carbonyl (C=O) groups excluding carboxylic acids is 1. The predicted molar refractivity (Wildman–Crippen MR) is 85.0 cm³/mol. The molecule has 1 N–H and O–H groups in total. The lowest BCUT2D eigenvalue weighted by atomic mass is 9.90. The average Bonchev–Trinajstić information content (AvgIpc) is 2.54. The summed E-state index contributed by atoms with van der Waals surface area (Å²) in [6.45, 7) is 4.44. The fourth-order valence-electron chi connectivity index (χ4n) is 3.84. The van der Waals surface area contributed by atoms with Gasteiger partial charge in [0.15, 0.2) is 0 Å². The van der Waals surface area contributed by atoms with E-state index in [-0.39, 0.29) is 11.9 Å². The van der Waals surface area contributed by atoms with Gasteiger partial charge in [0.2, 0.25) is 5.91 Å². The first-order valence-corrected chi connectivity index (χ1v) is 8.54. The fraction of sp³-hybridized carbons (Fsp3) is 0.611. The van der Waals surface area contributed by atoms with Crippen LogP contribution in [0.5, 0.6) is 0 Å². The van der Waals surface area contributed by atoms with Crippen LogP contribution in [0.3, 0.4) is 0 Å². The molecule has 23 heavy (non-hydrogen) atoms. The predicted octanol–water partition coefficient (Wildman–Crippen LogP) is 3.19. The van der Waals surface area contributed by atoms with Gasteiger partial charge in [0.1, 0.15) is 11.6 Å². The van der Waals surface area contributed by atoms with Crippen LogP contribution in [0.25, 0.3) is 0 Å². The van der Waals surface area contributed by atoms with Gasteiger partial charge in [-0.3, -0.25) is 4.79 Å². The van der Waals surface area contributed by atoms with Crippen LogP contribution in [-0.2, 0) is 11.2 Å². The van der Waals surface area contributed by atoms with Gasteiger partial charge in [-0.1, -0.05) is 0 Å². The van der Waals surface area contributed by atoms with Crippen LogP contribution in [0.2, 0.25) is 0 Å². The van der Waals surface area contributed by atoms with Crippen LogP contribution in [0.4, 0.5) is 8.78 Å². The molecule has 1 fully saturated rings. The monoisotopic (exact) mass is 322 g/mol. The minimum atomic E-state index is -0.572. The summed E-state index contributed by atoms with van der Waals surface area (Å²) in [6.07, 6.45) is 4.16. The Morgan fingerprint density at radius 3 is 2.78 bits per heavy atom. The first-order valence-electron chi connectivity index (χ1n) is 8.54. The maximum absolute atomic E-state index is 13.9. The van der Waals surface area contributed by atoms with Crippen molar-refractivity contribution in [2.24, 2.45) is 5.92 Å². The lowest BCUT2D eigenvalue weighted by Crippen LogP contribution is -2.39. The van der Waals surface area contributed by atoms with E-state index in [0.29, 0.717) is 36.4 Å². The first-order chi connectivity index (χ1) is 11.1. The topological polar surface area (TPSA) is 32.3 Å². The Kier molecular flexibility index (Phi) is 4.95. The van der Waals surface area contributed by atoms with Crippen molar-refractivity contribution in [2.45, 2.75) is 45.1 Å². The highest BCUT2D eigenvalue weighted by molar-refractivity contribution is 5.77. The minimum Gasteiger partial charge on any atom is -0.336 e. The molecule has 1 unspecified atom stereocenters. The number of piperidine rings is 1. The maximum atomic E-state index is 13.9. The molecular formula is C18H24F2N2O. The Labute approximate surface area is 136 Å². The molecule has 1 aromatic carbocycles. The second-order valence-electron chi connectivity index (χ2n) is 6.70. The maximum Gasteiger partial charge on any atom is 0.223 e. The molecule has 1 aromatic rings. The van der Waals surface area contributed by atoms with Crippen molar-refractivity contribution in [3.05, 3.63) is 34.9 Å². The van der Waals surface area contributed by atoms with E-state index in [1.165, 1.54) is 6.07 Å².